The van der Waals surface area contributed by atoms with Crippen LogP contribution in [-0.4, -0.2) is 18.0 Å². The van der Waals surface area contributed by atoms with Crippen molar-refractivity contribution in [1.29, 1.82) is 0 Å². The minimum absolute atomic E-state index is 0. The van der Waals surface area contributed by atoms with E-state index < -0.39 is 4.92 Å². The lowest BCUT2D eigenvalue weighted by atomic mass is 10.2. The van der Waals surface area contributed by atoms with Crippen molar-refractivity contribution in [1.82, 2.24) is 0 Å². The minimum Gasteiger partial charge on any atom is -1.00 e. The summed E-state index contributed by atoms with van der Waals surface area (Å²) >= 11 is 6.11. The highest BCUT2D eigenvalue weighted by Crippen LogP contribution is 2.30. The van der Waals surface area contributed by atoms with Gasteiger partial charge in [-0.15, -0.1) is 5.11 Å². The first-order chi connectivity index (χ1) is 17.1. The van der Waals surface area contributed by atoms with Crippen molar-refractivity contribution in [2.45, 2.75) is 13.1 Å². The Morgan fingerprint density at radius 2 is 1.32 bits per heavy atom. The molecule has 0 aliphatic carbocycles. The van der Waals surface area contributed by atoms with Crippen LogP contribution in [0.15, 0.2) is 114 Å². The second-order valence-corrected chi connectivity index (χ2v) is 8.23. The summed E-state index contributed by atoms with van der Waals surface area (Å²) < 4.78 is 4.33. The first kappa shape index (κ1) is 29.6. The molecule has 2 heterocycles. The summed E-state index contributed by atoms with van der Waals surface area (Å²) in [6, 6.07) is 24.1. The molecule has 11 heteroatoms. The molecule has 0 amide bonds. The molecule has 0 aliphatic rings. The van der Waals surface area contributed by atoms with Crippen LogP contribution in [0.3, 0.4) is 0 Å². The second kappa shape index (κ2) is 14.8. The zero-order chi connectivity index (χ0) is 24.5. The van der Waals surface area contributed by atoms with E-state index in [9.17, 15) is 10.1 Å². The molecule has 0 atom stereocenters. The zero-order valence-corrected chi connectivity index (χ0v) is 22.0. The fourth-order valence-corrected chi connectivity index (χ4v) is 3.75. The molecule has 0 fully saturated rings. The Balaban J connectivity index is 0.00000241. The molecule has 0 unspecified atom stereocenters. The third-order valence-corrected chi connectivity index (χ3v) is 5.74. The predicted molar refractivity (Wildman–Crippen MR) is 134 cm³/mol. The topological polar surface area (TPSA) is 78.9 Å². The van der Waals surface area contributed by atoms with E-state index in [1.54, 1.807) is 0 Å². The van der Waals surface area contributed by atoms with Gasteiger partial charge in [0.15, 0.2) is 37.9 Å². The molecule has 0 bridgehead atoms. The van der Waals surface area contributed by atoms with Crippen molar-refractivity contribution in [2.24, 2.45) is 10.2 Å². The van der Waals surface area contributed by atoms with Crippen molar-refractivity contribution in [3.63, 3.8) is 0 Å². The van der Waals surface area contributed by atoms with Gasteiger partial charge >= 0.3 is 0 Å². The van der Waals surface area contributed by atoms with Crippen LogP contribution in [-0.2, 0) is 13.1 Å². The van der Waals surface area contributed by atoms with Gasteiger partial charge in [0.2, 0.25) is 0 Å². The molecule has 0 saturated carbocycles. The molecule has 2 aromatic carbocycles. The quantitative estimate of drug-likeness (QED) is 0.113. The summed E-state index contributed by atoms with van der Waals surface area (Å²) in [7, 11) is 0. The van der Waals surface area contributed by atoms with Crippen LogP contribution in [0.4, 0.5) is 22.7 Å². The molecule has 37 heavy (non-hydrogen) atoms. The van der Waals surface area contributed by atoms with E-state index >= 15 is 0 Å². The van der Waals surface area contributed by atoms with Crippen LogP contribution in [0.25, 0.3) is 0 Å². The van der Waals surface area contributed by atoms with E-state index in [-0.39, 0.29) is 35.5 Å². The van der Waals surface area contributed by atoms with Gasteiger partial charge in [0, 0.05) is 42.1 Å². The normalized spacial score (nSPS) is 10.4. The van der Waals surface area contributed by atoms with E-state index in [4.69, 9.17) is 11.6 Å². The SMILES string of the molecule is O=[N+]([O-])c1ccc(N=Nc2ccc(N(CC[n+]3ccccc3)CC[n+]3ccccc3)cc2)c(Cl)c1.[Cl-].[Cl-]. The Hall–Kier alpha value is -3.59. The van der Waals surface area contributed by atoms with Gasteiger partial charge in [0.05, 0.1) is 28.7 Å². The van der Waals surface area contributed by atoms with Gasteiger partial charge in [0.1, 0.15) is 5.69 Å². The molecule has 4 aromatic rings. The number of non-ortho nitro benzene ring substituents is 1. The van der Waals surface area contributed by atoms with E-state index in [1.807, 2.05) is 60.7 Å². The first-order valence-electron chi connectivity index (χ1n) is 11.2. The summed E-state index contributed by atoms with van der Waals surface area (Å²) in [6.45, 7) is 3.42. The number of aromatic nitrogens is 2. The Morgan fingerprint density at radius 1 is 0.784 bits per heavy atom. The zero-order valence-electron chi connectivity index (χ0n) is 19.8. The summed E-state index contributed by atoms with van der Waals surface area (Å²) in [5.41, 5.74) is 2.05. The highest BCUT2D eigenvalue weighted by Gasteiger charge is 2.13. The predicted octanol–water partition coefficient (Wildman–Crippen LogP) is -0.547. The smallest absolute Gasteiger partial charge is 0.271 e. The molecular weight excluding hydrogens is 535 g/mol. The number of nitrogens with zero attached hydrogens (tertiary/aromatic N) is 6. The number of halogens is 3. The van der Waals surface area contributed by atoms with Gasteiger partial charge in [-0.25, -0.2) is 9.13 Å². The van der Waals surface area contributed by atoms with Crippen molar-refractivity contribution < 1.29 is 38.9 Å². The number of hydrogen-bond donors (Lipinski definition) is 0. The minimum atomic E-state index is -0.496. The molecule has 0 spiro atoms. The van der Waals surface area contributed by atoms with Crippen molar-refractivity contribution in [3.8, 4) is 0 Å². The van der Waals surface area contributed by atoms with E-state index in [1.165, 1.54) is 18.2 Å². The van der Waals surface area contributed by atoms with Gasteiger partial charge in [-0.2, -0.15) is 5.11 Å². The van der Waals surface area contributed by atoms with Gasteiger partial charge in [-0.3, -0.25) is 10.1 Å². The maximum absolute atomic E-state index is 10.9. The molecule has 0 saturated heterocycles. The largest absolute Gasteiger partial charge is 1.00 e. The number of rotatable bonds is 10. The Bertz CT molecular complexity index is 1250. The van der Waals surface area contributed by atoms with Crippen LogP contribution >= 0.6 is 11.6 Å². The molecular formula is C26H25Cl3N6O2. The number of benzene rings is 2. The average molecular weight is 560 g/mol. The van der Waals surface area contributed by atoms with Crippen molar-refractivity contribution >= 4 is 34.4 Å². The number of hydrogen-bond acceptors (Lipinski definition) is 5. The van der Waals surface area contributed by atoms with Gasteiger partial charge < -0.3 is 29.7 Å². The molecule has 2 aromatic heterocycles. The highest BCUT2D eigenvalue weighted by atomic mass is 35.5. The third kappa shape index (κ3) is 8.78. The van der Waals surface area contributed by atoms with Crippen LogP contribution in [0.1, 0.15) is 0 Å². The second-order valence-electron chi connectivity index (χ2n) is 7.82. The van der Waals surface area contributed by atoms with Crippen molar-refractivity contribution in [2.75, 3.05) is 18.0 Å². The number of pyridine rings is 2. The Labute approximate surface area is 232 Å². The van der Waals surface area contributed by atoms with E-state index in [0.717, 1.165) is 31.9 Å². The summed E-state index contributed by atoms with van der Waals surface area (Å²) in [5.74, 6) is 0. The maximum atomic E-state index is 10.9. The summed E-state index contributed by atoms with van der Waals surface area (Å²) in [4.78, 5) is 12.7. The van der Waals surface area contributed by atoms with Gasteiger partial charge in [-0.05, 0) is 30.3 Å². The third-order valence-electron chi connectivity index (χ3n) is 5.44. The van der Waals surface area contributed by atoms with E-state index in [0.29, 0.717) is 11.4 Å². The molecule has 0 aliphatic heterocycles. The highest BCUT2D eigenvalue weighted by molar-refractivity contribution is 6.33. The first-order valence-corrected chi connectivity index (χ1v) is 11.6. The van der Waals surface area contributed by atoms with Crippen LogP contribution in [0.5, 0.6) is 0 Å². The van der Waals surface area contributed by atoms with Gasteiger partial charge in [0.25, 0.3) is 5.69 Å². The Kier molecular flexibility index (Phi) is 11.9. The number of anilines is 1. The lowest BCUT2D eigenvalue weighted by Crippen LogP contribution is -3.00. The number of nitro benzene ring substituents is 1. The molecule has 0 radical (unpaired) electrons. The lowest BCUT2D eigenvalue weighted by Gasteiger charge is -2.22. The lowest BCUT2D eigenvalue weighted by molar-refractivity contribution is -0.697. The monoisotopic (exact) mass is 558 g/mol. The number of nitro groups is 1. The standard InChI is InChI=1S/C26H25ClN6O2.2ClH/c27-25-21-24(33(34)35)11-12-26(25)29-28-22-7-9-23(10-8-22)32(19-17-30-13-3-1-4-14-30)20-18-31-15-5-2-6-16-31;;/h1-16,21H,17-20H2;2*1H/q+2;;/p-2. The van der Waals surface area contributed by atoms with Gasteiger partial charge in [-0.1, -0.05) is 23.7 Å². The van der Waals surface area contributed by atoms with Crippen LogP contribution < -0.4 is 38.8 Å². The average Bonchev–Trinajstić information content (AvgIpc) is 2.89. The summed E-state index contributed by atoms with van der Waals surface area (Å²) in [6.07, 6.45) is 8.27. The van der Waals surface area contributed by atoms with E-state index in [2.05, 4.69) is 49.0 Å². The summed E-state index contributed by atoms with van der Waals surface area (Å²) in [5, 5.41) is 19.5. The molecule has 0 N–H and O–H groups in total. The molecule has 192 valence electrons. The Morgan fingerprint density at radius 3 is 1.81 bits per heavy atom. The fraction of sp³-hybridized carbons (Fsp3) is 0.154. The molecule has 8 nitrogen and oxygen atoms in total. The fourth-order valence-electron chi connectivity index (χ4n) is 3.54. The number of azo groups is 1. The van der Waals surface area contributed by atoms with Crippen LogP contribution in [0.2, 0.25) is 5.02 Å². The molecule has 4 rings (SSSR count). The van der Waals surface area contributed by atoms with Crippen LogP contribution in [0, 0.1) is 10.1 Å². The maximum Gasteiger partial charge on any atom is 0.271 e. The van der Waals surface area contributed by atoms with Crippen molar-refractivity contribution in [3.05, 3.63) is 119 Å².